The molecule has 0 spiro atoms. The molecule has 0 amide bonds. The molecule has 0 bridgehead atoms. The quantitative estimate of drug-likeness (QED) is 0.225. The largest absolute Gasteiger partial charge is 0.454 e. The van der Waals surface area contributed by atoms with E-state index in [1.165, 1.54) is 22.5 Å². The lowest BCUT2D eigenvalue weighted by atomic mass is 10.0. The van der Waals surface area contributed by atoms with Crippen molar-refractivity contribution in [1.82, 2.24) is 24.8 Å². The fraction of sp³-hybridized carbons (Fsp3) is 0.125. The van der Waals surface area contributed by atoms with Gasteiger partial charge in [-0.05, 0) is 42.7 Å². The zero-order valence-corrected chi connectivity index (χ0v) is 22.6. The molecule has 39 heavy (non-hydrogen) atoms. The van der Waals surface area contributed by atoms with Crippen LogP contribution in [0.25, 0.3) is 60.6 Å². The minimum absolute atomic E-state index is 0.490. The van der Waals surface area contributed by atoms with Crippen LogP contribution in [0.4, 0.5) is 0 Å². The molecule has 6 nitrogen and oxygen atoms in total. The highest BCUT2D eigenvalue weighted by Crippen LogP contribution is 2.36. The second kappa shape index (κ2) is 9.29. The van der Waals surface area contributed by atoms with Crippen molar-refractivity contribution in [1.29, 1.82) is 0 Å². The first kappa shape index (κ1) is 23.5. The molecule has 7 heteroatoms. The lowest BCUT2D eigenvalue weighted by Crippen LogP contribution is -1.93. The summed E-state index contributed by atoms with van der Waals surface area (Å²) in [7, 11) is 0. The van der Waals surface area contributed by atoms with Gasteiger partial charge in [0.25, 0.3) is 0 Å². The lowest BCUT2D eigenvalue weighted by Gasteiger charge is -2.07. The van der Waals surface area contributed by atoms with Gasteiger partial charge in [0.1, 0.15) is 16.5 Å². The number of benzene rings is 3. The predicted octanol–water partition coefficient (Wildman–Crippen LogP) is 8.43. The first-order valence-electron chi connectivity index (χ1n) is 12.9. The van der Waals surface area contributed by atoms with Gasteiger partial charge in [0.05, 0.1) is 5.52 Å². The Morgan fingerprint density at radius 1 is 0.795 bits per heavy atom. The normalized spacial score (nSPS) is 11.7. The van der Waals surface area contributed by atoms with Gasteiger partial charge in [-0.1, -0.05) is 97.5 Å². The molecule has 3 aromatic carbocycles. The van der Waals surface area contributed by atoms with Crippen LogP contribution in [0.5, 0.6) is 0 Å². The number of pyridine rings is 1. The molecular formula is C32H25N5OS. The summed E-state index contributed by atoms with van der Waals surface area (Å²) in [5, 5.41) is 15.6. The van der Waals surface area contributed by atoms with Crippen LogP contribution in [-0.4, -0.2) is 24.8 Å². The second-order valence-corrected chi connectivity index (χ2v) is 11.0. The minimum Gasteiger partial charge on any atom is -0.454 e. The van der Waals surface area contributed by atoms with Gasteiger partial charge in [0.15, 0.2) is 11.6 Å². The molecule has 0 unspecified atom stereocenters. The molecule has 7 aromatic rings. The van der Waals surface area contributed by atoms with E-state index in [2.05, 4.69) is 91.6 Å². The van der Waals surface area contributed by atoms with Crippen molar-refractivity contribution in [3.8, 4) is 44.7 Å². The van der Waals surface area contributed by atoms with E-state index in [0.717, 1.165) is 54.8 Å². The fourth-order valence-corrected chi connectivity index (χ4v) is 5.62. The summed E-state index contributed by atoms with van der Waals surface area (Å²) in [6.07, 6.45) is 0. The average Bonchev–Trinajstić information content (AvgIpc) is 3.70. The van der Waals surface area contributed by atoms with Crippen LogP contribution in [0, 0.1) is 6.92 Å². The minimum atomic E-state index is 0.490. The maximum Gasteiger partial charge on any atom is 0.235 e. The number of aromatic nitrogens is 5. The Morgan fingerprint density at radius 3 is 2.33 bits per heavy atom. The molecule has 0 saturated heterocycles. The van der Waals surface area contributed by atoms with Gasteiger partial charge >= 0.3 is 0 Å². The third-order valence-electron chi connectivity index (χ3n) is 6.97. The molecule has 0 N–H and O–H groups in total. The SMILES string of the molecule is Cc1ccc(-c2nnc3sc(-c4cc(-c5ccc(-c6ccc(C(C)C)cc6)o5)nc5ccccc45)nn23)cc1. The Morgan fingerprint density at radius 2 is 1.54 bits per heavy atom. The smallest absolute Gasteiger partial charge is 0.235 e. The summed E-state index contributed by atoms with van der Waals surface area (Å²) in [4.78, 5) is 5.68. The molecular weight excluding hydrogens is 502 g/mol. The van der Waals surface area contributed by atoms with Crippen LogP contribution in [-0.2, 0) is 0 Å². The Hall–Kier alpha value is -4.62. The van der Waals surface area contributed by atoms with Crippen LogP contribution in [0.1, 0.15) is 30.9 Å². The zero-order chi connectivity index (χ0) is 26.5. The first-order chi connectivity index (χ1) is 19.0. The van der Waals surface area contributed by atoms with E-state index in [1.807, 2.05) is 34.8 Å². The lowest BCUT2D eigenvalue weighted by molar-refractivity contribution is 0.595. The van der Waals surface area contributed by atoms with Crippen LogP contribution in [0.15, 0.2) is 95.4 Å². The molecule has 0 aliphatic heterocycles. The van der Waals surface area contributed by atoms with Crippen molar-refractivity contribution in [2.75, 3.05) is 0 Å². The Labute approximate surface area is 229 Å². The van der Waals surface area contributed by atoms with Crippen LogP contribution in [0.2, 0.25) is 0 Å². The predicted molar refractivity (Wildman–Crippen MR) is 157 cm³/mol. The van der Waals surface area contributed by atoms with Gasteiger partial charge in [0, 0.05) is 22.1 Å². The number of furan rings is 1. The highest BCUT2D eigenvalue weighted by molar-refractivity contribution is 7.20. The van der Waals surface area contributed by atoms with E-state index in [1.54, 1.807) is 0 Å². The topological polar surface area (TPSA) is 69.1 Å². The van der Waals surface area contributed by atoms with Crippen molar-refractivity contribution in [3.63, 3.8) is 0 Å². The molecule has 0 atom stereocenters. The van der Waals surface area contributed by atoms with Gasteiger partial charge in [-0.3, -0.25) is 0 Å². The molecule has 190 valence electrons. The van der Waals surface area contributed by atoms with Gasteiger partial charge in [-0.25, -0.2) is 4.98 Å². The van der Waals surface area contributed by atoms with E-state index < -0.39 is 0 Å². The van der Waals surface area contributed by atoms with Crippen LogP contribution >= 0.6 is 11.3 Å². The molecule has 4 heterocycles. The zero-order valence-electron chi connectivity index (χ0n) is 21.8. The Kier molecular flexibility index (Phi) is 5.60. The number of fused-ring (bicyclic) bond motifs is 2. The van der Waals surface area contributed by atoms with E-state index in [-0.39, 0.29) is 0 Å². The highest BCUT2D eigenvalue weighted by Gasteiger charge is 2.19. The average molecular weight is 528 g/mol. The van der Waals surface area contributed by atoms with Crippen LogP contribution < -0.4 is 0 Å². The van der Waals surface area contributed by atoms with E-state index in [0.29, 0.717) is 11.7 Å². The standard InChI is InChI=1S/C32H25N5OS/c1-19(2)21-12-14-22(15-13-21)28-16-17-29(38-28)27-18-25(24-6-4-5-7-26(24)33-27)31-36-37-30(34-35-32(37)39-31)23-10-8-20(3)9-11-23/h4-19H,1-3H3. The molecule has 0 aliphatic carbocycles. The summed E-state index contributed by atoms with van der Waals surface area (Å²) in [5.74, 6) is 2.75. The van der Waals surface area contributed by atoms with Crippen molar-refractivity contribution >= 4 is 27.2 Å². The van der Waals surface area contributed by atoms with E-state index in [4.69, 9.17) is 14.5 Å². The number of hydrogen-bond acceptors (Lipinski definition) is 6. The van der Waals surface area contributed by atoms with Crippen LogP contribution in [0.3, 0.4) is 0 Å². The van der Waals surface area contributed by atoms with Gasteiger partial charge in [-0.2, -0.15) is 9.61 Å². The number of nitrogens with zero attached hydrogens (tertiary/aromatic N) is 5. The maximum absolute atomic E-state index is 6.32. The molecule has 0 fully saturated rings. The Balaban J connectivity index is 1.32. The van der Waals surface area contributed by atoms with Crippen molar-refractivity contribution in [3.05, 3.63) is 102 Å². The number of hydrogen-bond donors (Lipinski definition) is 0. The summed E-state index contributed by atoms with van der Waals surface area (Å²) >= 11 is 1.51. The van der Waals surface area contributed by atoms with Crippen molar-refractivity contribution in [2.45, 2.75) is 26.7 Å². The van der Waals surface area contributed by atoms with Gasteiger partial charge < -0.3 is 4.42 Å². The molecule has 0 aliphatic rings. The molecule has 0 saturated carbocycles. The molecule has 7 rings (SSSR count). The van der Waals surface area contributed by atoms with E-state index >= 15 is 0 Å². The van der Waals surface area contributed by atoms with Gasteiger partial charge in [0.2, 0.25) is 4.96 Å². The van der Waals surface area contributed by atoms with Crippen molar-refractivity contribution in [2.24, 2.45) is 0 Å². The van der Waals surface area contributed by atoms with Gasteiger partial charge in [-0.15, -0.1) is 10.2 Å². The monoisotopic (exact) mass is 527 g/mol. The summed E-state index contributed by atoms with van der Waals surface area (Å²) in [6.45, 7) is 6.46. The summed E-state index contributed by atoms with van der Waals surface area (Å²) in [5.41, 5.74) is 7.16. The summed E-state index contributed by atoms with van der Waals surface area (Å²) < 4.78 is 8.14. The summed E-state index contributed by atoms with van der Waals surface area (Å²) in [6, 6.07) is 31.0. The molecule has 0 radical (unpaired) electrons. The number of para-hydroxylation sites is 1. The second-order valence-electron chi connectivity index (χ2n) is 10.0. The maximum atomic E-state index is 6.32. The number of rotatable bonds is 5. The number of aryl methyl sites for hydroxylation is 1. The third-order valence-corrected chi connectivity index (χ3v) is 7.90. The molecule has 4 aromatic heterocycles. The van der Waals surface area contributed by atoms with Crippen molar-refractivity contribution < 1.29 is 4.42 Å². The Bertz CT molecular complexity index is 1950. The first-order valence-corrected chi connectivity index (χ1v) is 13.7. The third kappa shape index (κ3) is 4.21. The fourth-order valence-electron chi connectivity index (χ4n) is 4.75. The highest BCUT2D eigenvalue weighted by atomic mass is 32.1. The van der Waals surface area contributed by atoms with E-state index in [9.17, 15) is 0 Å².